The van der Waals surface area contributed by atoms with Crippen molar-refractivity contribution in [2.75, 3.05) is 12.4 Å². The zero-order valence-electron chi connectivity index (χ0n) is 12.5. The smallest absolute Gasteiger partial charge is 0.252 e. The molecule has 2 N–H and O–H groups in total. The maximum Gasteiger partial charge on any atom is 0.252 e. The quantitative estimate of drug-likeness (QED) is 0.548. The lowest BCUT2D eigenvalue weighted by Gasteiger charge is -2.27. The van der Waals surface area contributed by atoms with Gasteiger partial charge in [-0.3, -0.25) is 4.79 Å². The van der Waals surface area contributed by atoms with Gasteiger partial charge in [0, 0.05) is 5.56 Å². The van der Waals surface area contributed by atoms with Crippen molar-refractivity contribution in [3.05, 3.63) is 59.1 Å². The molecule has 0 spiro atoms. The summed E-state index contributed by atoms with van der Waals surface area (Å²) in [6.07, 6.45) is -0.989. The van der Waals surface area contributed by atoms with Crippen LogP contribution in [-0.2, 0) is 0 Å². The molecule has 0 radical (unpaired) electrons. The first-order valence-electron chi connectivity index (χ1n) is 6.84. The SMILES string of the molecule is COc1ccc(C(=O)N[C@@H](Nc2ccccc2Cl)C(Cl)(Cl)Cl)cc1. The first-order chi connectivity index (χ1) is 11.3. The van der Waals surface area contributed by atoms with E-state index in [2.05, 4.69) is 10.6 Å². The molecule has 0 aliphatic carbocycles. The normalized spacial score (nSPS) is 12.4. The highest BCUT2D eigenvalue weighted by Crippen LogP contribution is 2.32. The number of hydrogen-bond donors (Lipinski definition) is 2. The van der Waals surface area contributed by atoms with E-state index >= 15 is 0 Å². The van der Waals surface area contributed by atoms with Crippen LogP contribution in [0.1, 0.15) is 10.4 Å². The molecule has 0 heterocycles. The number of halogens is 4. The molecule has 0 saturated heterocycles. The van der Waals surface area contributed by atoms with Crippen molar-refractivity contribution >= 4 is 58.0 Å². The summed E-state index contributed by atoms with van der Waals surface area (Å²) < 4.78 is 3.26. The van der Waals surface area contributed by atoms with Crippen molar-refractivity contribution in [2.45, 2.75) is 9.96 Å². The zero-order valence-corrected chi connectivity index (χ0v) is 15.5. The molecule has 0 aromatic heterocycles. The lowest BCUT2D eigenvalue weighted by atomic mass is 10.2. The van der Waals surface area contributed by atoms with E-state index in [0.717, 1.165) is 0 Å². The van der Waals surface area contributed by atoms with Gasteiger partial charge in [0.1, 0.15) is 11.9 Å². The minimum absolute atomic E-state index is 0.399. The fourth-order valence-corrected chi connectivity index (χ4v) is 2.41. The van der Waals surface area contributed by atoms with Crippen LogP contribution in [0.25, 0.3) is 0 Å². The Morgan fingerprint density at radius 3 is 2.25 bits per heavy atom. The molecule has 2 rings (SSSR count). The predicted molar refractivity (Wildman–Crippen MR) is 99.6 cm³/mol. The number of ether oxygens (including phenoxy) is 1. The third kappa shape index (κ3) is 5.08. The fourth-order valence-electron chi connectivity index (χ4n) is 1.89. The summed E-state index contributed by atoms with van der Waals surface area (Å²) >= 11 is 24.0. The largest absolute Gasteiger partial charge is 0.497 e. The predicted octanol–water partition coefficient (Wildman–Crippen LogP) is 4.89. The van der Waals surface area contributed by atoms with Crippen molar-refractivity contribution in [2.24, 2.45) is 0 Å². The second-order valence-electron chi connectivity index (χ2n) is 4.80. The molecule has 128 valence electrons. The Kier molecular flexibility index (Phi) is 6.47. The van der Waals surface area contributed by atoms with Crippen molar-refractivity contribution < 1.29 is 9.53 Å². The fraction of sp³-hybridized carbons (Fsp3) is 0.188. The summed E-state index contributed by atoms with van der Waals surface area (Å²) in [5.41, 5.74) is 0.932. The minimum Gasteiger partial charge on any atom is -0.497 e. The molecule has 24 heavy (non-hydrogen) atoms. The van der Waals surface area contributed by atoms with Gasteiger partial charge in [0.25, 0.3) is 5.91 Å². The molecular formula is C16H14Cl4N2O2. The van der Waals surface area contributed by atoms with Gasteiger partial charge in [-0.25, -0.2) is 0 Å². The second-order valence-corrected chi connectivity index (χ2v) is 7.58. The molecule has 0 unspecified atom stereocenters. The average Bonchev–Trinajstić information content (AvgIpc) is 2.55. The molecule has 0 fully saturated rings. The van der Waals surface area contributed by atoms with Gasteiger partial charge < -0.3 is 15.4 Å². The number of anilines is 1. The first kappa shape index (κ1) is 19.0. The van der Waals surface area contributed by atoms with Crippen molar-refractivity contribution in [1.29, 1.82) is 0 Å². The Bertz CT molecular complexity index is 702. The number of alkyl halides is 3. The van der Waals surface area contributed by atoms with Crippen LogP contribution in [-0.4, -0.2) is 23.0 Å². The number of nitrogens with one attached hydrogen (secondary N) is 2. The molecule has 0 bridgehead atoms. The topological polar surface area (TPSA) is 50.4 Å². The molecule has 0 aliphatic rings. The minimum atomic E-state index is -1.79. The monoisotopic (exact) mass is 406 g/mol. The van der Waals surface area contributed by atoms with Gasteiger partial charge in [-0.05, 0) is 36.4 Å². The van der Waals surface area contributed by atoms with E-state index in [1.54, 1.807) is 55.6 Å². The lowest BCUT2D eigenvalue weighted by molar-refractivity contribution is 0.0942. The highest BCUT2D eigenvalue weighted by molar-refractivity contribution is 6.68. The highest BCUT2D eigenvalue weighted by Gasteiger charge is 2.34. The Morgan fingerprint density at radius 2 is 1.71 bits per heavy atom. The van der Waals surface area contributed by atoms with Crippen molar-refractivity contribution in [3.63, 3.8) is 0 Å². The molecular weight excluding hydrogens is 394 g/mol. The number of para-hydroxylation sites is 1. The standard InChI is InChI=1S/C16H14Cl4N2O2/c1-24-11-8-6-10(7-9-11)14(23)22-15(16(18,19)20)21-13-5-3-2-4-12(13)17/h2-9,15,21H,1H3,(H,22,23)/t15-/m1/s1. The van der Waals surface area contributed by atoms with E-state index < -0.39 is 15.9 Å². The number of carbonyl (C=O) groups excluding carboxylic acids is 1. The Balaban J connectivity index is 2.16. The van der Waals surface area contributed by atoms with E-state index in [-0.39, 0.29) is 0 Å². The second kappa shape index (κ2) is 8.17. The third-order valence-corrected chi connectivity index (χ3v) is 4.11. The molecule has 1 amide bonds. The molecule has 2 aromatic carbocycles. The summed E-state index contributed by atoms with van der Waals surface area (Å²) in [4.78, 5) is 12.4. The van der Waals surface area contributed by atoms with Crippen LogP contribution in [0.2, 0.25) is 5.02 Å². The Labute approximate surface area is 160 Å². The average molecular weight is 408 g/mol. The van der Waals surface area contributed by atoms with Crippen LogP contribution < -0.4 is 15.4 Å². The van der Waals surface area contributed by atoms with Crippen LogP contribution in [0.15, 0.2) is 48.5 Å². The van der Waals surface area contributed by atoms with Gasteiger partial charge in [0.2, 0.25) is 3.79 Å². The number of methoxy groups -OCH3 is 1. The number of carbonyl (C=O) groups is 1. The van der Waals surface area contributed by atoms with Gasteiger partial charge in [-0.1, -0.05) is 58.5 Å². The Hall–Kier alpha value is -1.33. The van der Waals surface area contributed by atoms with Gasteiger partial charge in [0.05, 0.1) is 17.8 Å². The maximum absolute atomic E-state index is 12.4. The van der Waals surface area contributed by atoms with Crippen LogP contribution >= 0.6 is 46.4 Å². The Morgan fingerprint density at radius 1 is 1.08 bits per heavy atom. The van der Waals surface area contributed by atoms with Gasteiger partial charge in [0.15, 0.2) is 0 Å². The van der Waals surface area contributed by atoms with Crippen molar-refractivity contribution in [1.82, 2.24) is 5.32 Å². The number of rotatable bonds is 5. The van der Waals surface area contributed by atoms with Gasteiger partial charge in [-0.2, -0.15) is 0 Å². The van der Waals surface area contributed by atoms with Crippen LogP contribution in [0, 0.1) is 0 Å². The van der Waals surface area contributed by atoms with Gasteiger partial charge >= 0.3 is 0 Å². The number of benzene rings is 2. The maximum atomic E-state index is 12.4. The van der Waals surface area contributed by atoms with Gasteiger partial charge in [-0.15, -0.1) is 0 Å². The third-order valence-electron chi connectivity index (χ3n) is 3.13. The van der Waals surface area contributed by atoms with E-state index in [1.807, 2.05) is 0 Å². The summed E-state index contributed by atoms with van der Waals surface area (Å²) in [6, 6.07) is 13.5. The molecule has 8 heteroatoms. The number of hydrogen-bond acceptors (Lipinski definition) is 3. The molecule has 1 atom stereocenters. The highest BCUT2D eigenvalue weighted by atomic mass is 35.6. The molecule has 0 aliphatic heterocycles. The summed E-state index contributed by atoms with van der Waals surface area (Å²) in [6.45, 7) is 0. The molecule has 0 saturated carbocycles. The molecule has 4 nitrogen and oxygen atoms in total. The van der Waals surface area contributed by atoms with Crippen molar-refractivity contribution in [3.8, 4) is 5.75 Å². The summed E-state index contributed by atoms with van der Waals surface area (Å²) in [7, 11) is 1.54. The molecule has 2 aromatic rings. The van der Waals surface area contributed by atoms with Crippen LogP contribution in [0.5, 0.6) is 5.75 Å². The van der Waals surface area contributed by atoms with E-state index in [0.29, 0.717) is 22.0 Å². The first-order valence-corrected chi connectivity index (χ1v) is 8.35. The van der Waals surface area contributed by atoms with Crippen LogP contribution in [0.4, 0.5) is 5.69 Å². The van der Waals surface area contributed by atoms with Crippen LogP contribution in [0.3, 0.4) is 0 Å². The summed E-state index contributed by atoms with van der Waals surface area (Å²) in [5, 5.41) is 6.01. The van der Waals surface area contributed by atoms with E-state index in [9.17, 15) is 4.79 Å². The zero-order chi connectivity index (χ0) is 17.7. The lowest BCUT2D eigenvalue weighted by Crippen LogP contribution is -2.49. The summed E-state index contributed by atoms with van der Waals surface area (Å²) in [5.74, 6) is 0.229. The number of amides is 1. The van der Waals surface area contributed by atoms with E-state index in [4.69, 9.17) is 51.1 Å². The van der Waals surface area contributed by atoms with E-state index in [1.165, 1.54) is 0 Å².